The summed E-state index contributed by atoms with van der Waals surface area (Å²) < 4.78 is 27.6. The van der Waals surface area contributed by atoms with Crippen LogP contribution in [0.25, 0.3) is 0 Å². The summed E-state index contributed by atoms with van der Waals surface area (Å²) in [4.78, 5) is 12.8. The van der Waals surface area contributed by atoms with Crippen molar-refractivity contribution in [2.75, 3.05) is 4.72 Å². The van der Waals surface area contributed by atoms with Gasteiger partial charge >= 0.3 is 0 Å². The van der Waals surface area contributed by atoms with Gasteiger partial charge in [0.25, 0.3) is 15.9 Å². The number of carbonyl (C=O) groups is 1. The molecule has 7 heteroatoms. The molecule has 0 aliphatic rings. The number of hydrogen-bond acceptors (Lipinski definition) is 3. The summed E-state index contributed by atoms with van der Waals surface area (Å²) in [7, 11) is -3.78. The van der Waals surface area contributed by atoms with E-state index in [0.29, 0.717) is 5.56 Å². The molecule has 0 aliphatic heterocycles. The van der Waals surface area contributed by atoms with Gasteiger partial charge < -0.3 is 5.32 Å². The second-order valence-corrected chi connectivity index (χ2v) is 9.05. The molecule has 0 aliphatic carbocycles. The third-order valence-electron chi connectivity index (χ3n) is 4.72. The van der Waals surface area contributed by atoms with E-state index in [1.165, 1.54) is 24.3 Å². The van der Waals surface area contributed by atoms with Crippen molar-refractivity contribution in [1.82, 2.24) is 5.32 Å². The maximum atomic E-state index is 12.7. The van der Waals surface area contributed by atoms with Crippen molar-refractivity contribution in [3.63, 3.8) is 0 Å². The minimum atomic E-state index is -3.78. The van der Waals surface area contributed by atoms with Crippen LogP contribution in [0.1, 0.15) is 40.9 Å². The monoisotopic (exact) mass is 442 g/mol. The Kier molecular flexibility index (Phi) is 6.80. The number of halogens is 1. The first-order valence-corrected chi connectivity index (χ1v) is 11.4. The number of carbonyl (C=O) groups excluding carboxylic acids is 1. The van der Waals surface area contributed by atoms with E-state index < -0.39 is 10.0 Å². The van der Waals surface area contributed by atoms with Gasteiger partial charge in [-0.15, -0.1) is 0 Å². The molecule has 0 saturated carbocycles. The molecule has 0 bridgehead atoms. The number of benzene rings is 3. The smallest absolute Gasteiger partial charge is 0.261 e. The van der Waals surface area contributed by atoms with Gasteiger partial charge in [-0.25, -0.2) is 8.42 Å². The Morgan fingerprint density at radius 3 is 2.27 bits per heavy atom. The fourth-order valence-corrected chi connectivity index (χ4v) is 4.37. The van der Waals surface area contributed by atoms with Gasteiger partial charge in [-0.2, -0.15) is 0 Å². The lowest BCUT2D eigenvalue weighted by atomic mass is 10.0. The fraction of sp³-hybridized carbons (Fsp3) is 0.174. The molecule has 2 N–H and O–H groups in total. The molecule has 0 heterocycles. The minimum absolute atomic E-state index is 0.128. The van der Waals surface area contributed by atoms with Crippen LogP contribution in [0.4, 0.5) is 5.69 Å². The van der Waals surface area contributed by atoms with Crippen LogP contribution in [-0.2, 0) is 10.0 Å². The number of aryl methyl sites for hydroxylation is 1. The van der Waals surface area contributed by atoms with E-state index in [-0.39, 0.29) is 27.6 Å². The molecule has 3 rings (SSSR count). The Morgan fingerprint density at radius 2 is 1.67 bits per heavy atom. The molecular formula is C23H23ClN2O3S. The molecule has 0 spiro atoms. The number of sulfonamides is 1. The predicted molar refractivity (Wildman–Crippen MR) is 120 cm³/mol. The lowest BCUT2D eigenvalue weighted by molar-refractivity contribution is 0.0935. The quantitative estimate of drug-likeness (QED) is 0.519. The van der Waals surface area contributed by atoms with E-state index in [1.54, 1.807) is 18.2 Å². The number of hydrogen-bond donors (Lipinski definition) is 2. The molecule has 30 heavy (non-hydrogen) atoms. The first-order chi connectivity index (χ1) is 14.3. The molecule has 0 unspecified atom stereocenters. The zero-order valence-corrected chi connectivity index (χ0v) is 18.3. The highest BCUT2D eigenvalue weighted by atomic mass is 35.5. The zero-order chi connectivity index (χ0) is 21.7. The van der Waals surface area contributed by atoms with Crippen LogP contribution in [0, 0.1) is 6.92 Å². The van der Waals surface area contributed by atoms with Crippen molar-refractivity contribution < 1.29 is 13.2 Å². The van der Waals surface area contributed by atoms with Gasteiger partial charge in [0.2, 0.25) is 0 Å². The van der Waals surface area contributed by atoms with Gasteiger partial charge in [0, 0.05) is 5.56 Å². The Bertz CT molecular complexity index is 1130. The van der Waals surface area contributed by atoms with Crippen molar-refractivity contribution in [3.05, 3.63) is 94.5 Å². The molecule has 0 radical (unpaired) electrons. The van der Waals surface area contributed by atoms with Crippen LogP contribution >= 0.6 is 11.6 Å². The molecule has 0 aromatic heterocycles. The third kappa shape index (κ3) is 5.20. The summed E-state index contributed by atoms with van der Waals surface area (Å²) >= 11 is 6.27. The lowest BCUT2D eigenvalue weighted by Crippen LogP contribution is -2.28. The van der Waals surface area contributed by atoms with Gasteiger partial charge in [0.15, 0.2) is 0 Å². The average molecular weight is 443 g/mol. The SMILES string of the molecule is CC[C@H](NC(=O)c1ccc(NS(=O)(=O)c2ccc(C)cc2)c(Cl)c1)c1ccccc1. The molecule has 3 aromatic rings. The third-order valence-corrected chi connectivity index (χ3v) is 6.42. The number of amides is 1. The Balaban J connectivity index is 1.76. The lowest BCUT2D eigenvalue weighted by Gasteiger charge is -2.18. The standard InChI is InChI=1S/C23H23ClN2O3S/c1-3-21(17-7-5-4-6-8-17)25-23(27)18-11-14-22(20(24)15-18)26-30(28,29)19-12-9-16(2)10-13-19/h4-15,21,26H,3H2,1-2H3,(H,25,27)/t21-/m0/s1. The highest BCUT2D eigenvalue weighted by molar-refractivity contribution is 7.92. The molecule has 156 valence electrons. The van der Waals surface area contributed by atoms with Crippen LogP contribution in [0.5, 0.6) is 0 Å². The summed E-state index contributed by atoms with van der Waals surface area (Å²) in [6.07, 6.45) is 0.734. The molecule has 1 atom stereocenters. The van der Waals surface area contributed by atoms with Crippen LogP contribution in [0.3, 0.4) is 0 Å². The maximum Gasteiger partial charge on any atom is 0.261 e. The van der Waals surface area contributed by atoms with Crippen LogP contribution in [-0.4, -0.2) is 14.3 Å². The van der Waals surface area contributed by atoms with E-state index in [2.05, 4.69) is 10.0 Å². The fourth-order valence-electron chi connectivity index (χ4n) is 3.01. The summed E-state index contributed by atoms with van der Waals surface area (Å²) in [5.41, 5.74) is 2.54. The summed E-state index contributed by atoms with van der Waals surface area (Å²) in [6, 6.07) is 20.6. The van der Waals surface area contributed by atoms with Crippen molar-refractivity contribution in [2.24, 2.45) is 0 Å². The van der Waals surface area contributed by atoms with E-state index in [0.717, 1.165) is 17.5 Å². The van der Waals surface area contributed by atoms with Gasteiger partial charge in [-0.05, 0) is 49.2 Å². The average Bonchev–Trinajstić information content (AvgIpc) is 2.74. The van der Waals surface area contributed by atoms with Gasteiger partial charge in [0.05, 0.1) is 21.6 Å². The zero-order valence-electron chi connectivity index (χ0n) is 16.7. The Labute approximate surface area is 182 Å². The van der Waals surface area contributed by atoms with Crippen molar-refractivity contribution >= 4 is 33.2 Å². The predicted octanol–water partition coefficient (Wildman–Crippen LogP) is 5.33. The van der Waals surface area contributed by atoms with Crippen molar-refractivity contribution in [3.8, 4) is 0 Å². The van der Waals surface area contributed by atoms with E-state index in [4.69, 9.17) is 11.6 Å². The Morgan fingerprint density at radius 1 is 1.00 bits per heavy atom. The summed E-state index contributed by atoms with van der Waals surface area (Å²) in [5, 5.41) is 3.13. The number of anilines is 1. The largest absolute Gasteiger partial charge is 0.345 e. The van der Waals surface area contributed by atoms with Crippen LogP contribution < -0.4 is 10.0 Å². The summed E-state index contributed by atoms with van der Waals surface area (Å²) in [5.74, 6) is -0.277. The van der Waals surface area contributed by atoms with E-state index in [9.17, 15) is 13.2 Å². The molecule has 1 amide bonds. The summed E-state index contributed by atoms with van der Waals surface area (Å²) in [6.45, 7) is 3.87. The molecule has 0 fully saturated rings. The second kappa shape index (κ2) is 9.32. The van der Waals surface area contributed by atoms with Crippen molar-refractivity contribution in [2.45, 2.75) is 31.2 Å². The van der Waals surface area contributed by atoms with Crippen molar-refractivity contribution in [1.29, 1.82) is 0 Å². The first kappa shape index (κ1) is 21.9. The van der Waals surface area contributed by atoms with E-state index in [1.807, 2.05) is 44.2 Å². The van der Waals surface area contributed by atoms with Crippen LogP contribution in [0.2, 0.25) is 5.02 Å². The highest BCUT2D eigenvalue weighted by Gasteiger charge is 2.18. The second-order valence-electron chi connectivity index (χ2n) is 6.96. The Hall–Kier alpha value is -2.83. The first-order valence-electron chi connectivity index (χ1n) is 9.55. The molecule has 0 saturated heterocycles. The topological polar surface area (TPSA) is 75.3 Å². The number of rotatable bonds is 7. The maximum absolute atomic E-state index is 12.7. The minimum Gasteiger partial charge on any atom is -0.345 e. The van der Waals surface area contributed by atoms with Gasteiger partial charge in [-0.1, -0.05) is 66.6 Å². The highest BCUT2D eigenvalue weighted by Crippen LogP contribution is 2.26. The molecule has 3 aromatic carbocycles. The van der Waals surface area contributed by atoms with Crippen LogP contribution in [0.15, 0.2) is 77.7 Å². The van der Waals surface area contributed by atoms with Gasteiger partial charge in [-0.3, -0.25) is 9.52 Å². The molecular weight excluding hydrogens is 420 g/mol. The number of nitrogens with one attached hydrogen (secondary N) is 2. The molecule has 5 nitrogen and oxygen atoms in total. The normalized spacial score (nSPS) is 12.2. The van der Waals surface area contributed by atoms with Gasteiger partial charge in [0.1, 0.15) is 0 Å². The van der Waals surface area contributed by atoms with E-state index >= 15 is 0 Å².